The van der Waals surface area contributed by atoms with Gasteiger partial charge in [-0.2, -0.15) is 0 Å². The molecular formula is C25H23N5O5S. The Balaban J connectivity index is 1.54. The van der Waals surface area contributed by atoms with Gasteiger partial charge < -0.3 is 14.8 Å². The molecule has 1 N–H and O–H groups in total. The Hall–Kier alpha value is -4.38. The lowest BCUT2D eigenvalue weighted by molar-refractivity contribution is -0.384. The summed E-state index contributed by atoms with van der Waals surface area (Å²) in [6.45, 7) is 1.86. The third kappa shape index (κ3) is 5.81. The number of thioether (sulfide) groups is 1. The van der Waals surface area contributed by atoms with E-state index >= 15 is 0 Å². The van der Waals surface area contributed by atoms with Gasteiger partial charge in [-0.1, -0.05) is 48.2 Å². The summed E-state index contributed by atoms with van der Waals surface area (Å²) in [5.41, 5.74) is 1.06. The van der Waals surface area contributed by atoms with Crippen LogP contribution in [0.1, 0.15) is 18.9 Å². The van der Waals surface area contributed by atoms with Gasteiger partial charge in [-0.25, -0.2) is 0 Å². The summed E-state index contributed by atoms with van der Waals surface area (Å²) < 4.78 is 13.4. The van der Waals surface area contributed by atoms with Crippen molar-refractivity contribution in [3.05, 3.63) is 94.8 Å². The topological polar surface area (TPSA) is 121 Å². The van der Waals surface area contributed by atoms with Crippen molar-refractivity contribution >= 4 is 29.0 Å². The number of hydrogen-bond acceptors (Lipinski definition) is 8. The van der Waals surface area contributed by atoms with Crippen LogP contribution in [0, 0.1) is 10.1 Å². The van der Waals surface area contributed by atoms with E-state index in [4.69, 9.17) is 9.47 Å². The Morgan fingerprint density at radius 1 is 1.06 bits per heavy atom. The average Bonchev–Trinajstić information content (AvgIpc) is 3.32. The predicted molar refractivity (Wildman–Crippen MR) is 136 cm³/mol. The third-order valence-electron chi connectivity index (χ3n) is 5.08. The second-order valence-corrected chi connectivity index (χ2v) is 8.51. The van der Waals surface area contributed by atoms with Gasteiger partial charge in [0.2, 0.25) is 5.91 Å². The van der Waals surface area contributed by atoms with Crippen molar-refractivity contribution < 1.29 is 19.2 Å². The number of aromatic nitrogens is 3. The van der Waals surface area contributed by atoms with Gasteiger partial charge in [0.1, 0.15) is 0 Å². The molecule has 1 amide bonds. The molecule has 0 aliphatic carbocycles. The minimum absolute atomic E-state index is 0.0232. The summed E-state index contributed by atoms with van der Waals surface area (Å²) in [4.78, 5) is 23.0. The van der Waals surface area contributed by atoms with E-state index in [1.54, 1.807) is 13.2 Å². The van der Waals surface area contributed by atoms with E-state index in [-0.39, 0.29) is 17.3 Å². The van der Waals surface area contributed by atoms with E-state index in [1.807, 2.05) is 66.1 Å². The molecule has 0 saturated carbocycles. The number of amides is 1. The van der Waals surface area contributed by atoms with Crippen molar-refractivity contribution in [2.45, 2.75) is 18.2 Å². The first kappa shape index (κ1) is 24.7. The lowest BCUT2D eigenvalue weighted by Crippen LogP contribution is -2.15. The first-order chi connectivity index (χ1) is 17.5. The van der Waals surface area contributed by atoms with Crippen LogP contribution in [0.4, 0.5) is 11.4 Å². The quantitative estimate of drug-likeness (QED) is 0.180. The standard InChI is InChI=1S/C25H23N5O5S/c1-17(35-22-14-7-6-13-21(22)34-2)24-27-28-25(29(24)19-10-4-3-5-11-19)36-16-23(31)26-18-9-8-12-20(15-18)30(32)33/h3-15,17H,16H2,1-2H3,(H,26,31). The van der Waals surface area contributed by atoms with E-state index in [0.717, 1.165) is 5.69 Å². The SMILES string of the molecule is COc1ccccc1OC(C)c1nnc(SCC(=O)Nc2cccc([N+](=O)[O-])c2)n1-c1ccccc1. The van der Waals surface area contributed by atoms with Gasteiger partial charge in [0.05, 0.1) is 17.8 Å². The Labute approximate surface area is 211 Å². The number of non-ortho nitro benzene ring substituents is 1. The van der Waals surface area contributed by atoms with Crippen LogP contribution in [-0.2, 0) is 4.79 Å². The van der Waals surface area contributed by atoms with Gasteiger partial charge in [0.15, 0.2) is 28.6 Å². The first-order valence-electron chi connectivity index (χ1n) is 10.9. The third-order valence-corrected chi connectivity index (χ3v) is 6.01. The first-order valence-corrected chi connectivity index (χ1v) is 11.9. The molecule has 0 radical (unpaired) electrons. The molecule has 1 unspecified atom stereocenters. The molecule has 0 aliphatic rings. The summed E-state index contributed by atoms with van der Waals surface area (Å²) >= 11 is 1.20. The normalized spacial score (nSPS) is 11.5. The van der Waals surface area contributed by atoms with Gasteiger partial charge in [0, 0.05) is 23.5 Å². The summed E-state index contributed by atoms with van der Waals surface area (Å²) in [6.07, 6.45) is -0.484. The number of nitro groups is 1. The van der Waals surface area contributed by atoms with Crippen LogP contribution in [-0.4, -0.2) is 38.5 Å². The molecule has 1 aromatic heterocycles. The van der Waals surface area contributed by atoms with E-state index in [0.29, 0.717) is 28.2 Å². The van der Waals surface area contributed by atoms with Crippen LogP contribution in [0.15, 0.2) is 84.0 Å². The minimum Gasteiger partial charge on any atom is -0.493 e. The van der Waals surface area contributed by atoms with E-state index in [9.17, 15) is 14.9 Å². The van der Waals surface area contributed by atoms with Crippen LogP contribution in [0.5, 0.6) is 11.5 Å². The maximum absolute atomic E-state index is 12.6. The fourth-order valence-electron chi connectivity index (χ4n) is 3.44. The zero-order valence-electron chi connectivity index (χ0n) is 19.5. The number of nitro benzene ring substituents is 1. The molecule has 0 saturated heterocycles. The number of carbonyl (C=O) groups excluding carboxylic acids is 1. The monoisotopic (exact) mass is 505 g/mol. The number of carbonyl (C=O) groups is 1. The summed E-state index contributed by atoms with van der Waals surface area (Å²) in [6, 6.07) is 22.6. The number of methoxy groups -OCH3 is 1. The van der Waals surface area contributed by atoms with Crippen LogP contribution in [0.25, 0.3) is 5.69 Å². The fourth-order valence-corrected chi connectivity index (χ4v) is 4.20. The van der Waals surface area contributed by atoms with Crippen molar-refractivity contribution in [2.24, 2.45) is 0 Å². The van der Waals surface area contributed by atoms with E-state index in [2.05, 4.69) is 15.5 Å². The van der Waals surface area contributed by atoms with Gasteiger partial charge in [0.25, 0.3) is 5.69 Å². The maximum atomic E-state index is 12.6. The number of benzene rings is 3. The molecule has 0 spiro atoms. The number of nitrogens with one attached hydrogen (secondary N) is 1. The molecule has 0 fully saturated rings. The Bertz CT molecular complexity index is 1360. The van der Waals surface area contributed by atoms with Crippen molar-refractivity contribution in [3.8, 4) is 17.2 Å². The van der Waals surface area contributed by atoms with Crippen LogP contribution in [0.3, 0.4) is 0 Å². The lowest BCUT2D eigenvalue weighted by Gasteiger charge is -2.18. The number of anilines is 1. The van der Waals surface area contributed by atoms with Crippen molar-refractivity contribution in [1.82, 2.24) is 14.8 Å². The molecule has 3 aromatic carbocycles. The molecular weight excluding hydrogens is 482 g/mol. The number of rotatable bonds is 10. The number of para-hydroxylation sites is 3. The molecule has 0 bridgehead atoms. The highest BCUT2D eigenvalue weighted by molar-refractivity contribution is 7.99. The van der Waals surface area contributed by atoms with Gasteiger partial charge in [-0.05, 0) is 37.3 Å². The Morgan fingerprint density at radius 2 is 1.78 bits per heavy atom. The van der Waals surface area contributed by atoms with Crippen LogP contribution in [0.2, 0.25) is 0 Å². The van der Waals surface area contributed by atoms with Gasteiger partial charge >= 0.3 is 0 Å². The van der Waals surface area contributed by atoms with E-state index < -0.39 is 11.0 Å². The van der Waals surface area contributed by atoms with Gasteiger partial charge in [-0.15, -0.1) is 10.2 Å². The summed E-state index contributed by atoms with van der Waals surface area (Å²) in [5.74, 6) is 1.41. The molecule has 11 heteroatoms. The number of ether oxygens (including phenoxy) is 2. The molecule has 10 nitrogen and oxygen atoms in total. The molecule has 184 valence electrons. The number of nitrogens with zero attached hydrogens (tertiary/aromatic N) is 4. The Morgan fingerprint density at radius 3 is 2.50 bits per heavy atom. The average molecular weight is 506 g/mol. The smallest absolute Gasteiger partial charge is 0.271 e. The highest BCUT2D eigenvalue weighted by atomic mass is 32.2. The predicted octanol–water partition coefficient (Wildman–Crippen LogP) is 5.05. The van der Waals surface area contributed by atoms with Crippen LogP contribution < -0.4 is 14.8 Å². The lowest BCUT2D eigenvalue weighted by atomic mass is 10.3. The highest BCUT2D eigenvalue weighted by Gasteiger charge is 2.22. The second-order valence-electron chi connectivity index (χ2n) is 7.57. The fraction of sp³-hybridized carbons (Fsp3) is 0.160. The highest BCUT2D eigenvalue weighted by Crippen LogP contribution is 2.32. The van der Waals surface area contributed by atoms with E-state index in [1.165, 1.54) is 30.0 Å². The maximum Gasteiger partial charge on any atom is 0.271 e. The van der Waals surface area contributed by atoms with Crippen molar-refractivity contribution in [2.75, 3.05) is 18.2 Å². The number of hydrogen-bond donors (Lipinski definition) is 1. The second kappa shape index (κ2) is 11.4. The van der Waals surface area contributed by atoms with Crippen LogP contribution >= 0.6 is 11.8 Å². The summed E-state index contributed by atoms with van der Waals surface area (Å²) in [7, 11) is 1.58. The minimum atomic E-state index is -0.511. The molecule has 1 heterocycles. The zero-order chi connectivity index (χ0) is 25.5. The Kier molecular flexibility index (Phi) is 7.81. The van der Waals surface area contributed by atoms with Crippen molar-refractivity contribution in [1.29, 1.82) is 0 Å². The molecule has 1 atom stereocenters. The molecule has 4 rings (SSSR count). The molecule has 36 heavy (non-hydrogen) atoms. The van der Waals surface area contributed by atoms with Gasteiger partial charge in [-0.3, -0.25) is 19.5 Å². The molecule has 0 aliphatic heterocycles. The zero-order valence-corrected chi connectivity index (χ0v) is 20.3. The van der Waals surface area contributed by atoms with Crippen molar-refractivity contribution in [3.63, 3.8) is 0 Å². The molecule has 4 aromatic rings. The largest absolute Gasteiger partial charge is 0.493 e. The summed E-state index contributed by atoms with van der Waals surface area (Å²) in [5, 5.41) is 22.8.